The molecule has 12 nitrogen and oxygen atoms in total. The second kappa shape index (κ2) is 10.1. The number of aromatic hydroxyl groups is 1. The average Bonchev–Trinajstić information content (AvgIpc) is 2.87. The lowest BCUT2D eigenvalue weighted by molar-refractivity contribution is -0.169. The van der Waals surface area contributed by atoms with Crippen molar-refractivity contribution in [3.63, 3.8) is 0 Å². The highest BCUT2D eigenvalue weighted by Gasteiger charge is 2.68. The monoisotopic (exact) mass is 553 g/mol. The van der Waals surface area contributed by atoms with E-state index in [4.69, 9.17) is 12.2 Å². The van der Waals surface area contributed by atoms with Gasteiger partial charge in [-0.1, -0.05) is 13.0 Å². The Labute approximate surface area is 229 Å². The fraction of sp³-hybridized carbons (Fsp3) is 0.429. The maximum atomic E-state index is 14.0. The van der Waals surface area contributed by atoms with Gasteiger partial charge in [0.2, 0.25) is 11.7 Å². The third kappa shape index (κ3) is 3.97. The van der Waals surface area contributed by atoms with Crippen molar-refractivity contribution in [2.75, 3.05) is 19.4 Å². The van der Waals surface area contributed by atoms with E-state index in [2.05, 4.69) is 11.2 Å². The number of phenolic OH excluding ortho intramolecular Hbond substituents is 1. The molecule has 12 heteroatoms. The largest absolute Gasteiger partial charge is 0.508 e. The SMILES string of the molecule is C#CCCCC(=O)Nc1ccc2c(c1O)C(O)=C1C(=O)[C@]3(O)C(O)=C(C(N)=O)C(=O)[C@@H](N(C)C)[C@@H]3[C@@H](O)[C@@H]1[C@H]2C. The number of fused-ring (bicyclic) bond motifs is 3. The smallest absolute Gasteiger partial charge is 0.255 e. The van der Waals surface area contributed by atoms with Gasteiger partial charge in [-0.05, 0) is 38.1 Å². The zero-order chi connectivity index (χ0) is 29.8. The Balaban J connectivity index is 1.90. The molecule has 1 aromatic carbocycles. The number of hydrogen-bond donors (Lipinski definition) is 7. The number of primary amides is 1. The molecule has 8 N–H and O–H groups in total. The van der Waals surface area contributed by atoms with E-state index in [9.17, 15) is 44.7 Å². The molecule has 212 valence electrons. The molecule has 3 aliphatic carbocycles. The van der Waals surface area contributed by atoms with Gasteiger partial charge in [-0.15, -0.1) is 12.3 Å². The summed E-state index contributed by atoms with van der Waals surface area (Å²) in [7, 11) is 2.87. The molecule has 0 radical (unpaired) electrons. The number of aliphatic hydroxyl groups is 4. The van der Waals surface area contributed by atoms with Crippen molar-refractivity contribution < 1.29 is 44.7 Å². The number of hydrogen-bond acceptors (Lipinski definition) is 10. The Morgan fingerprint density at radius 1 is 1.20 bits per heavy atom. The number of phenols is 1. The number of aliphatic hydroxyl groups excluding tert-OH is 3. The fourth-order valence-electron chi connectivity index (χ4n) is 6.28. The van der Waals surface area contributed by atoms with E-state index in [0.29, 0.717) is 18.4 Å². The second-order valence-electron chi connectivity index (χ2n) is 10.6. The van der Waals surface area contributed by atoms with Gasteiger partial charge in [-0.3, -0.25) is 24.1 Å². The summed E-state index contributed by atoms with van der Waals surface area (Å²) in [6.45, 7) is 1.62. The van der Waals surface area contributed by atoms with E-state index in [1.165, 1.54) is 31.1 Å². The zero-order valence-corrected chi connectivity index (χ0v) is 22.1. The van der Waals surface area contributed by atoms with Crippen molar-refractivity contribution in [1.29, 1.82) is 0 Å². The first kappa shape index (κ1) is 28.8. The van der Waals surface area contributed by atoms with Crippen LogP contribution in [0.15, 0.2) is 29.0 Å². The van der Waals surface area contributed by atoms with Crippen LogP contribution >= 0.6 is 0 Å². The first-order valence-electron chi connectivity index (χ1n) is 12.6. The summed E-state index contributed by atoms with van der Waals surface area (Å²) in [6, 6.07) is 1.50. The van der Waals surface area contributed by atoms with Crippen molar-refractivity contribution in [3.8, 4) is 18.1 Å². The number of unbranched alkanes of at least 4 members (excludes halogenated alkanes) is 1. The number of Topliss-reactive ketones (excluding diaryl/α,β-unsaturated/α-hetero) is 2. The summed E-state index contributed by atoms with van der Waals surface area (Å²) < 4.78 is 0. The molecule has 1 fully saturated rings. The van der Waals surface area contributed by atoms with Crippen LogP contribution < -0.4 is 11.1 Å². The number of carbonyl (C=O) groups is 4. The molecule has 0 bridgehead atoms. The number of nitrogens with one attached hydrogen (secondary N) is 1. The topological polar surface area (TPSA) is 211 Å². The molecule has 3 aliphatic rings. The van der Waals surface area contributed by atoms with Gasteiger partial charge in [-0.2, -0.15) is 0 Å². The predicted molar refractivity (Wildman–Crippen MR) is 142 cm³/mol. The minimum atomic E-state index is -3.00. The van der Waals surface area contributed by atoms with E-state index in [1.54, 1.807) is 6.92 Å². The first-order chi connectivity index (χ1) is 18.7. The summed E-state index contributed by atoms with van der Waals surface area (Å²) in [4.78, 5) is 52.9. The molecule has 0 saturated heterocycles. The van der Waals surface area contributed by atoms with Gasteiger partial charge < -0.3 is 36.6 Å². The summed E-state index contributed by atoms with van der Waals surface area (Å²) in [5, 5.41) is 59.2. The number of benzene rings is 1. The maximum Gasteiger partial charge on any atom is 0.255 e. The van der Waals surface area contributed by atoms with Crippen LogP contribution in [0.4, 0.5) is 5.69 Å². The molecular formula is C28H31N3O9. The minimum absolute atomic E-state index is 0.0580. The number of amides is 2. The molecule has 0 aliphatic heterocycles. The van der Waals surface area contributed by atoms with E-state index in [0.717, 1.165) is 0 Å². The highest BCUT2D eigenvalue weighted by Crippen LogP contribution is 2.56. The average molecular weight is 554 g/mol. The molecule has 2 amide bonds. The standard InChI is InChI=1S/C28H31N3O9/c1-5-6-7-8-14(32)30-13-10-9-12-11(2)15-17(22(34)16(12)21(13)33)25(37)28(40)19(23(15)35)20(31(3)4)24(36)18(26(28)38)27(29)39/h1,9-11,15,19-20,23,33-35,38,40H,6-8H2,2-4H3,(H2,29,39)(H,30,32)/t11-,15+,19+,20-,23-,28-/m0/s1. The normalized spacial score (nSPS) is 29.5. The van der Waals surface area contributed by atoms with Crippen molar-refractivity contribution >= 4 is 34.8 Å². The van der Waals surface area contributed by atoms with Crippen LogP contribution in [0.25, 0.3) is 5.76 Å². The number of likely N-dealkylation sites (N-methyl/N-ethyl adjacent to an activating group) is 1. The Bertz CT molecular complexity index is 1440. The number of anilines is 1. The molecule has 0 unspecified atom stereocenters. The minimum Gasteiger partial charge on any atom is -0.508 e. The molecule has 4 rings (SSSR count). The summed E-state index contributed by atoms with van der Waals surface area (Å²) in [5.41, 5.74) is 0.870. The van der Waals surface area contributed by atoms with Crippen LogP contribution in [0.2, 0.25) is 0 Å². The Morgan fingerprint density at radius 2 is 1.85 bits per heavy atom. The van der Waals surface area contributed by atoms with Gasteiger partial charge in [0.15, 0.2) is 11.4 Å². The van der Waals surface area contributed by atoms with Crippen molar-refractivity contribution in [2.24, 2.45) is 17.6 Å². The van der Waals surface area contributed by atoms with E-state index >= 15 is 0 Å². The van der Waals surface area contributed by atoms with Crippen molar-refractivity contribution in [2.45, 2.75) is 49.9 Å². The quantitative estimate of drug-likeness (QED) is 0.110. The third-order valence-corrected chi connectivity index (χ3v) is 8.13. The third-order valence-electron chi connectivity index (χ3n) is 8.13. The van der Waals surface area contributed by atoms with E-state index in [-0.39, 0.29) is 17.7 Å². The first-order valence-corrected chi connectivity index (χ1v) is 12.6. The number of ketones is 2. The highest BCUT2D eigenvalue weighted by molar-refractivity contribution is 6.24. The van der Waals surface area contributed by atoms with Gasteiger partial charge in [0, 0.05) is 24.3 Å². The van der Waals surface area contributed by atoms with Crippen LogP contribution in [-0.2, 0) is 19.2 Å². The zero-order valence-electron chi connectivity index (χ0n) is 22.1. The van der Waals surface area contributed by atoms with E-state index in [1.807, 2.05) is 0 Å². The maximum absolute atomic E-state index is 14.0. The Hall–Kier alpha value is -4.18. The number of carbonyl (C=O) groups excluding carboxylic acids is 4. The van der Waals surface area contributed by atoms with Crippen LogP contribution in [-0.4, -0.2) is 85.7 Å². The molecule has 40 heavy (non-hydrogen) atoms. The fourth-order valence-corrected chi connectivity index (χ4v) is 6.28. The number of terminal acetylenes is 1. The van der Waals surface area contributed by atoms with Crippen LogP contribution in [0.5, 0.6) is 5.75 Å². The number of nitrogens with zero attached hydrogens (tertiary/aromatic N) is 1. The molecule has 1 aromatic rings. The second-order valence-corrected chi connectivity index (χ2v) is 10.6. The van der Waals surface area contributed by atoms with E-state index < -0.39 is 87.3 Å². The van der Waals surface area contributed by atoms with Crippen molar-refractivity contribution in [3.05, 3.63) is 40.2 Å². The lowest BCUT2D eigenvalue weighted by Crippen LogP contribution is -2.70. The molecule has 0 spiro atoms. The van der Waals surface area contributed by atoms with Crippen LogP contribution in [0, 0.1) is 24.2 Å². The Morgan fingerprint density at radius 3 is 2.42 bits per heavy atom. The lowest BCUT2D eigenvalue weighted by atomic mass is 9.54. The number of rotatable bonds is 6. The van der Waals surface area contributed by atoms with Gasteiger partial charge in [0.25, 0.3) is 5.91 Å². The van der Waals surface area contributed by atoms with Gasteiger partial charge in [-0.25, -0.2) is 0 Å². The van der Waals surface area contributed by atoms with Crippen molar-refractivity contribution in [1.82, 2.24) is 4.90 Å². The lowest BCUT2D eigenvalue weighted by Gasteiger charge is -2.53. The number of nitrogens with two attached hydrogens (primary N) is 1. The predicted octanol–water partition coefficient (Wildman–Crippen LogP) is 0.238. The molecule has 1 saturated carbocycles. The molecule has 0 heterocycles. The summed E-state index contributed by atoms with van der Waals surface area (Å²) in [6.07, 6.45) is 4.38. The summed E-state index contributed by atoms with van der Waals surface area (Å²) >= 11 is 0. The van der Waals surface area contributed by atoms with Gasteiger partial charge in [0.1, 0.15) is 22.8 Å². The Kier molecular flexibility index (Phi) is 7.27. The highest BCUT2D eigenvalue weighted by atomic mass is 16.4. The summed E-state index contributed by atoms with van der Waals surface area (Å²) in [5.74, 6) is -7.87. The van der Waals surface area contributed by atoms with Crippen LogP contribution in [0.1, 0.15) is 43.2 Å². The molecular weight excluding hydrogens is 522 g/mol. The molecule has 0 aromatic heterocycles. The van der Waals surface area contributed by atoms with Gasteiger partial charge in [0.05, 0.1) is 29.3 Å². The van der Waals surface area contributed by atoms with Crippen LogP contribution in [0.3, 0.4) is 0 Å². The molecule has 6 atom stereocenters. The van der Waals surface area contributed by atoms with Gasteiger partial charge >= 0.3 is 0 Å².